The second-order valence-electron chi connectivity index (χ2n) is 4.65. The molecule has 0 atom stereocenters. The number of nitrogens with one attached hydrogen (secondary N) is 2. The lowest BCUT2D eigenvalue weighted by atomic mass is 10.2. The van der Waals surface area contributed by atoms with Gasteiger partial charge >= 0.3 is 5.97 Å². The second kappa shape index (κ2) is 4.92. The van der Waals surface area contributed by atoms with E-state index < -0.39 is 16.0 Å². The van der Waals surface area contributed by atoms with Gasteiger partial charge in [0.15, 0.2) is 5.82 Å². The van der Waals surface area contributed by atoms with E-state index in [1.807, 2.05) is 0 Å². The quantitative estimate of drug-likeness (QED) is 0.789. The molecule has 21 heavy (non-hydrogen) atoms. The average Bonchev–Trinajstić information content (AvgIpc) is 2.82. The molecule has 2 aromatic heterocycles. The molecule has 9 heteroatoms. The molecule has 0 aromatic carbocycles. The highest BCUT2D eigenvalue weighted by Crippen LogP contribution is 2.28. The molecule has 0 fully saturated rings. The number of nitrogens with zero attached hydrogens (tertiary/aromatic N) is 1. The van der Waals surface area contributed by atoms with Crippen molar-refractivity contribution in [2.24, 2.45) is 0 Å². The Kier molecular flexibility index (Phi) is 3.54. The summed E-state index contributed by atoms with van der Waals surface area (Å²) >= 11 is 0. The van der Waals surface area contributed by atoms with E-state index in [0.717, 1.165) is 0 Å². The zero-order chi connectivity index (χ0) is 15.9. The fraction of sp³-hybridized carbons (Fsp3) is 0.333. The summed E-state index contributed by atoms with van der Waals surface area (Å²) < 4.78 is 32.3. The highest BCUT2D eigenvalue weighted by molar-refractivity contribution is 7.92. The van der Waals surface area contributed by atoms with Crippen LogP contribution in [-0.2, 0) is 10.0 Å². The van der Waals surface area contributed by atoms with Crippen LogP contribution >= 0.6 is 0 Å². The summed E-state index contributed by atoms with van der Waals surface area (Å²) in [5.41, 5.74) is 0.976. The van der Waals surface area contributed by atoms with Crippen molar-refractivity contribution >= 4 is 21.8 Å². The molecule has 0 bridgehead atoms. The molecule has 8 nitrogen and oxygen atoms in total. The van der Waals surface area contributed by atoms with Crippen molar-refractivity contribution in [1.29, 1.82) is 0 Å². The van der Waals surface area contributed by atoms with Crippen LogP contribution in [0.4, 0.5) is 5.82 Å². The number of carbonyl (C=O) groups is 1. The lowest BCUT2D eigenvalue weighted by Crippen LogP contribution is -2.17. The SMILES string of the molecule is Cc1[nH]nc(NS(=O)(=O)c2c(C)oc(C)c2C(=O)O)c1C. The Labute approximate surface area is 121 Å². The first-order valence-corrected chi connectivity index (χ1v) is 7.51. The Morgan fingerprint density at radius 1 is 1.24 bits per heavy atom. The van der Waals surface area contributed by atoms with E-state index in [1.54, 1.807) is 13.8 Å². The fourth-order valence-electron chi connectivity index (χ4n) is 2.00. The molecule has 2 aromatic rings. The van der Waals surface area contributed by atoms with Crippen molar-refractivity contribution in [3.63, 3.8) is 0 Å². The van der Waals surface area contributed by atoms with Gasteiger partial charge in [-0.15, -0.1) is 0 Å². The highest BCUT2D eigenvalue weighted by Gasteiger charge is 2.31. The third-order valence-corrected chi connectivity index (χ3v) is 4.66. The van der Waals surface area contributed by atoms with Crippen LogP contribution in [0.15, 0.2) is 9.31 Å². The lowest BCUT2D eigenvalue weighted by molar-refractivity contribution is 0.0691. The van der Waals surface area contributed by atoms with Crippen molar-refractivity contribution in [2.75, 3.05) is 4.72 Å². The number of aryl methyl sites for hydroxylation is 3. The van der Waals surface area contributed by atoms with E-state index in [4.69, 9.17) is 4.42 Å². The van der Waals surface area contributed by atoms with Crippen LogP contribution in [0.2, 0.25) is 0 Å². The van der Waals surface area contributed by atoms with Gasteiger partial charge in [0.2, 0.25) is 0 Å². The molecule has 0 saturated heterocycles. The Morgan fingerprint density at radius 2 is 1.86 bits per heavy atom. The highest BCUT2D eigenvalue weighted by atomic mass is 32.2. The molecule has 114 valence electrons. The number of sulfonamides is 1. The van der Waals surface area contributed by atoms with Crippen LogP contribution in [0.25, 0.3) is 0 Å². The number of rotatable bonds is 4. The number of aromatic nitrogens is 2. The van der Waals surface area contributed by atoms with Crippen LogP contribution in [0.3, 0.4) is 0 Å². The largest absolute Gasteiger partial charge is 0.478 e. The van der Waals surface area contributed by atoms with Crippen LogP contribution in [0.1, 0.15) is 33.1 Å². The van der Waals surface area contributed by atoms with Gasteiger partial charge in [-0.05, 0) is 27.7 Å². The van der Waals surface area contributed by atoms with Gasteiger partial charge in [-0.25, -0.2) is 13.2 Å². The molecule has 0 unspecified atom stereocenters. The number of aromatic carboxylic acids is 1. The third kappa shape index (κ3) is 2.51. The zero-order valence-corrected chi connectivity index (χ0v) is 12.8. The minimum Gasteiger partial charge on any atom is -0.478 e. The molecule has 2 heterocycles. The van der Waals surface area contributed by atoms with Gasteiger partial charge in [-0.2, -0.15) is 5.10 Å². The van der Waals surface area contributed by atoms with Gasteiger partial charge in [-0.3, -0.25) is 9.82 Å². The van der Waals surface area contributed by atoms with E-state index in [1.165, 1.54) is 13.8 Å². The predicted molar refractivity (Wildman–Crippen MR) is 74.0 cm³/mol. The molecular formula is C12H15N3O5S. The summed E-state index contributed by atoms with van der Waals surface area (Å²) in [7, 11) is -4.12. The van der Waals surface area contributed by atoms with Crippen molar-refractivity contribution in [1.82, 2.24) is 10.2 Å². The van der Waals surface area contributed by atoms with Crippen LogP contribution < -0.4 is 4.72 Å². The Bertz CT molecular complexity index is 816. The monoisotopic (exact) mass is 313 g/mol. The lowest BCUT2D eigenvalue weighted by Gasteiger charge is -2.06. The van der Waals surface area contributed by atoms with E-state index >= 15 is 0 Å². The maximum Gasteiger partial charge on any atom is 0.340 e. The molecule has 0 aliphatic rings. The number of H-pyrrole nitrogens is 1. The molecule has 0 amide bonds. The second-order valence-corrected chi connectivity index (χ2v) is 6.27. The van der Waals surface area contributed by atoms with E-state index in [0.29, 0.717) is 11.3 Å². The van der Waals surface area contributed by atoms with Crippen molar-refractivity contribution in [3.8, 4) is 0 Å². The first-order valence-electron chi connectivity index (χ1n) is 6.02. The topological polar surface area (TPSA) is 125 Å². The Balaban J connectivity index is 2.55. The van der Waals surface area contributed by atoms with E-state index in [9.17, 15) is 18.3 Å². The smallest absolute Gasteiger partial charge is 0.340 e. The van der Waals surface area contributed by atoms with Crippen LogP contribution in [0, 0.1) is 27.7 Å². The standard InChI is InChI=1S/C12H15N3O5S/c1-5-6(2)13-14-11(5)15-21(18,19)10-8(4)20-7(3)9(10)12(16)17/h1-4H3,(H,16,17)(H2,13,14,15). The van der Waals surface area contributed by atoms with E-state index in [-0.39, 0.29) is 27.8 Å². The molecular weight excluding hydrogens is 298 g/mol. The molecule has 3 N–H and O–H groups in total. The maximum atomic E-state index is 12.4. The van der Waals surface area contributed by atoms with Crippen molar-refractivity contribution in [2.45, 2.75) is 32.6 Å². The Hall–Kier alpha value is -2.29. The number of hydrogen-bond acceptors (Lipinski definition) is 5. The fourth-order valence-corrected chi connectivity index (χ4v) is 3.47. The summed E-state index contributed by atoms with van der Waals surface area (Å²) in [5.74, 6) is -1.18. The molecule has 2 rings (SSSR count). The first kappa shape index (κ1) is 15.1. The molecule has 0 saturated carbocycles. The number of carboxylic acids is 1. The third-order valence-electron chi connectivity index (χ3n) is 3.17. The number of hydrogen-bond donors (Lipinski definition) is 3. The minimum absolute atomic E-state index is 0.0160. The predicted octanol–water partition coefficient (Wildman–Crippen LogP) is 1.74. The van der Waals surface area contributed by atoms with Crippen molar-refractivity contribution in [3.05, 3.63) is 28.3 Å². The summed E-state index contributed by atoms with van der Waals surface area (Å²) in [4.78, 5) is 10.9. The summed E-state index contributed by atoms with van der Waals surface area (Å²) in [5, 5.41) is 15.7. The number of aromatic amines is 1. The van der Waals surface area contributed by atoms with Crippen LogP contribution in [0.5, 0.6) is 0 Å². The van der Waals surface area contributed by atoms with Gasteiger partial charge in [-0.1, -0.05) is 0 Å². The van der Waals surface area contributed by atoms with Gasteiger partial charge in [0, 0.05) is 11.3 Å². The Morgan fingerprint density at radius 3 is 2.33 bits per heavy atom. The number of anilines is 1. The van der Waals surface area contributed by atoms with Crippen LogP contribution in [-0.4, -0.2) is 29.7 Å². The minimum atomic E-state index is -4.12. The number of carboxylic acid groups (broad SMARTS) is 1. The average molecular weight is 313 g/mol. The summed E-state index contributed by atoms with van der Waals surface area (Å²) in [6.07, 6.45) is 0. The van der Waals surface area contributed by atoms with Gasteiger partial charge < -0.3 is 9.52 Å². The summed E-state index contributed by atoms with van der Waals surface area (Å²) in [6, 6.07) is 0. The van der Waals surface area contributed by atoms with Crippen molar-refractivity contribution < 1.29 is 22.7 Å². The maximum absolute atomic E-state index is 12.4. The van der Waals surface area contributed by atoms with Gasteiger partial charge in [0.25, 0.3) is 10.0 Å². The zero-order valence-electron chi connectivity index (χ0n) is 11.9. The van der Waals surface area contributed by atoms with Gasteiger partial charge in [0.1, 0.15) is 22.0 Å². The molecule has 0 radical (unpaired) electrons. The van der Waals surface area contributed by atoms with E-state index in [2.05, 4.69) is 14.9 Å². The first-order chi connectivity index (χ1) is 9.65. The molecule has 0 aliphatic heterocycles. The normalized spacial score (nSPS) is 11.6. The molecule has 0 aliphatic carbocycles. The summed E-state index contributed by atoms with van der Waals surface area (Å²) in [6.45, 7) is 6.24. The molecule has 0 spiro atoms. The van der Waals surface area contributed by atoms with Gasteiger partial charge in [0.05, 0.1) is 0 Å². The number of furan rings is 1.